The first-order valence-electron chi connectivity index (χ1n) is 9.67. The van der Waals surface area contributed by atoms with Crippen LogP contribution in [0.4, 0.5) is 0 Å². The minimum atomic E-state index is 0. The van der Waals surface area contributed by atoms with Gasteiger partial charge in [0.15, 0.2) is 5.96 Å². The molecule has 2 rings (SSSR count). The average Bonchev–Trinajstić information content (AvgIpc) is 2.60. The highest BCUT2D eigenvalue weighted by molar-refractivity contribution is 14.0. The van der Waals surface area contributed by atoms with Crippen LogP contribution in [0.2, 0.25) is 0 Å². The molecule has 142 valence electrons. The van der Waals surface area contributed by atoms with Gasteiger partial charge in [-0.2, -0.15) is 0 Å². The van der Waals surface area contributed by atoms with Crippen molar-refractivity contribution in [2.24, 2.45) is 4.99 Å². The molecule has 0 aliphatic carbocycles. The Balaban J connectivity index is 0.00000288. The maximum absolute atomic E-state index is 5.76. The van der Waals surface area contributed by atoms with Crippen LogP contribution in [-0.2, 0) is 4.74 Å². The molecule has 0 amide bonds. The van der Waals surface area contributed by atoms with E-state index >= 15 is 0 Å². The maximum atomic E-state index is 5.76. The minimum absolute atomic E-state index is 0. The van der Waals surface area contributed by atoms with Gasteiger partial charge in [-0.1, -0.05) is 13.3 Å². The lowest BCUT2D eigenvalue weighted by molar-refractivity contribution is 0.0263. The molecule has 0 spiro atoms. The Kier molecular flexibility index (Phi) is 11.3. The lowest BCUT2D eigenvalue weighted by Gasteiger charge is -2.36. The Morgan fingerprint density at radius 3 is 2.46 bits per heavy atom. The summed E-state index contributed by atoms with van der Waals surface area (Å²) in [7, 11) is 0. The van der Waals surface area contributed by atoms with Gasteiger partial charge in [0.2, 0.25) is 0 Å². The molecule has 2 aliphatic rings. The van der Waals surface area contributed by atoms with E-state index in [1.54, 1.807) is 0 Å². The Hall–Kier alpha value is -0.0800. The highest BCUT2D eigenvalue weighted by Gasteiger charge is 2.23. The van der Waals surface area contributed by atoms with Gasteiger partial charge in [-0.05, 0) is 52.6 Å². The first-order valence-corrected chi connectivity index (χ1v) is 9.67. The quantitative estimate of drug-likeness (QED) is 0.382. The van der Waals surface area contributed by atoms with Crippen molar-refractivity contribution in [2.75, 3.05) is 45.9 Å². The van der Waals surface area contributed by atoms with Gasteiger partial charge in [-0.3, -0.25) is 9.89 Å². The molecular weight excluding hydrogens is 415 g/mol. The fourth-order valence-electron chi connectivity index (χ4n) is 3.77. The van der Waals surface area contributed by atoms with Crippen LogP contribution in [0.1, 0.15) is 52.9 Å². The number of ether oxygens (including phenoxy) is 1. The van der Waals surface area contributed by atoms with Crippen LogP contribution < -0.4 is 5.32 Å². The van der Waals surface area contributed by atoms with Gasteiger partial charge in [0.1, 0.15) is 0 Å². The molecule has 0 aromatic rings. The van der Waals surface area contributed by atoms with Crippen molar-refractivity contribution in [3.63, 3.8) is 0 Å². The third kappa shape index (κ3) is 6.67. The molecule has 6 heteroatoms. The highest BCUT2D eigenvalue weighted by atomic mass is 127. The SMILES string of the molecule is CCNC(=NCC1CCCCN1CC)N1CCC(OCC)CC1.I. The van der Waals surface area contributed by atoms with Crippen LogP contribution in [0, 0.1) is 0 Å². The molecular formula is C18H37IN4O. The first kappa shape index (κ1) is 22.0. The maximum Gasteiger partial charge on any atom is 0.193 e. The van der Waals surface area contributed by atoms with E-state index in [2.05, 4.69) is 35.9 Å². The zero-order valence-corrected chi connectivity index (χ0v) is 18.1. The number of piperidine rings is 2. The van der Waals surface area contributed by atoms with Crippen LogP contribution in [0.25, 0.3) is 0 Å². The van der Waals surface area contributed by atoms with Crippen LogP contribution in [-0.4, -0.2) is 73.8 Å². The summed E-state index contributed by atoms with van der Waals surface area (Å²) in [5.74, 6) is 1.10. The molecule has 2 aliphatic heterocycles. The molecule has 1 N–H and O–H groups in total. The summed E-state index contributed by atoms with van der Waals surface area (Å²) in [5.41, 5.74) is 0. The fourth-order valence-corrected chi connectivity index (χ4v) is 3.77. The van der Waals surface area contributed by atoms with Crippen LogP contribution in [0.15, 0.2) is 4.99 Å². The van der Waals surface area contributed by atoms with Crippen molar-refractivity contribution in [1.82, 2.24) is 15.1 Å². The van der Waals surface area contributed by atoms with E-state index < -0.39 is 0 Å². The monoisotopic (exact) mass is 452 g/mol. The van der Waals surface area contributed by atoms with Crippen LogP contribution in [0.5, 0.6) is 0 Å². The summed E-state index contributed by atoms with van der Waals surface area (Å²) >= 11 is 0. The van der Waals surface area contributed by atoms with Crippen molar-refractivity contribution in [3.8, 4) is 0 Å². The van der Waals surface area contributed by atoms with E-state index in [1.165, 1.54) is 25.8 Å². The number of halogens is 1. The van der Waals surface area contributed by atoms with E-state index in [-0.39, 0.29) is 24.0 Å². The molecule has 0 radical (unpaired) electrons. The van der Waals surface area contributed by atoms with Crippen molar-refractivity contribution < 1.29 is 4.74 Å². The number of nitrogens with one attached hydrogen (secondary N) is 1. The molecule has 1 unspecified atom stereocenters. The Morgan fingerprint density at radius 2 is 1.83 bits per heavy atom. The minimum Gasteiger partial charge on any atom is -0.378 e. The summed E-state index contributed by atoms with van der Waals surface area (Å²) in [5, 5.41) is 3.49. The number of rotatable bonds is 6. The van der Waals surface area contributed by atoms with Crippen molar-refractivity contribution in [1.29, 1.82) is 0 Å². The topological polar surface area (TPSA) is 40.1 Å². The van der Waals surface area contributed by atoms with E-state index in [1.807, 2.05) is 0 Å². The summed E-state index contributed by atoms with van der Waals surface area (Å²) in [6, 6.07) is 0.628. The zero-order chi connectivity index (χ0) is 16.5. The van der Waals surface area contributed by atoms with Gasteiger partial charge in [0, 0.05) is 32.3 Å². The Morgan fingerprint density at radius 1 is 1.08 bits per heavy atom. The Labute approximate surface area is 165 Å². The van der Waals surface area contributed by atoms with Crippen LogP contribution >= 0.6 is 24.0 Å². The van der Waals surface area contributed by atoms with Crippen molar-refractivity contribution in [3.05, 3.63) is 0 Å². The molecule has 0 saturated carbocycles. The molecule has 2 fully saturated rings. The lowest BCUT2D eigenvalue weighted by atomic mass is 10.0. The largest absolute Gasteiger partial charge is 0.378 e. The second-order valence-corrected chi connectivity index (χ2v) is 6.61. The summed E-state index contributed by atoms with van der Waals surface area (Å²) in [4.78, 5) is 9.99. The number of likely N-dealkylation sites (tertiary alicyclic amines) is 2. The summed E-state index contributed by atoms with van der Waals surface area (Å²) in [6.45, 7) is 13.7. The predicted octanol–water partition coefficient (Wildman–Crippen LogP) is 2.95. The summed E-state index contributed by atoms with van der Waals surface area (Å²) in [6.07, 6.45) is 6.66. The predicted molar refractivity (Wildman–Crippen MR) is 113 cm³/mol. The molecule has 2 heterocycles. The molecule has 2 saturated heterocycles. The van der Waals surface area contributed by atoms with E-state index in [9.17, 15) is 0 Å². The normalized spacial score (nSPS) is 23.9. The smallest absolute Gasteiger partial charge is 0.193 e. The first-order chi connectivity index (χ1) is 11.3. The van der Waals surface area contributed by atoms with E-state index in [0.29, 0.717) is 12.1 Å². The number of hydrogen-bond donors (Lipinski definition) is 1. The Bertz CT molecular complexity index is 359. The molecule has 0 aromatic heterocycles. The van der Waals surface area contributed by atoms with Gasteiger partial charge >= 0.3 is 0 Å². The third-order valence-corrected chi connectivity index (χ3v) is 5.09. The number of nitrogens with zero attached hydrogens (tertiary/aromatic N) is 3. The van der Waals surface area contributed by atoms with Gasteiger partial charge in [-0.25, -0.2) is 0 Å². The number of aliphatic imine (C=N–C) groups is 1. The highest BCUT2D eigenvalue weighted by Crippen LogP contribution is 2.18. The van der Waals surface area contributed by atoms with Gasteiger partial charge in [-0.15, -0.1) is 24.0 Å². The van der Waals surface area contributed by atoms with Crippen molar-refractivity contribution in [2.45, 2.75) is 65.0 Å². The molecule has 0 aromatic carbocycles. The van der Waals surface area contributed by atoms with Gasteiger partial charge in [0.05, 0.1) is 12.6 Å². The zero-order valence-electron chi connectivity index (χ0n) is 15.8. The van der Waals surface area contributed by atoms with Gasteiger partial charge in [0.25, 0.3) is 0 Å². The third-order valence-electron chi connectivity index (χ3n) is 5.09. The van der Waals surface area contributed by atoms with E-state index in [4.69, 9.17) is 9.73 Å². The molecule has 1 atom stereocenters. The van der Waals surface area contributed by atoms with Crippen LogP contribution in [0.3, 0.4) is 0 Å². The molecule has 5 nitrogen and oxygen atoms in total. The molecule has 24 heavy (non-hydrogen) atoms. The summed E-state index contributed by atoms with van der Waals surface area (Å²) < 4.78 is 5.76. The second-order valence-electron chi connectivity index (χ2n) is 6.61. The van der Waals surface area contributed by atoms with Crippen molar-refractivity contribution >= 4 is 29.9 Å². The lowest BCUT2D eigenvalue weighted by Crippen LogP contribution is -2.48. The molecule has 0 bridgehead atoms. The standard InChI is InChI=1S/C18H36N4O.HI/c1-4-19-18(22-13-10-17(11-14-22)23-6-3)20-15-16-9-7-8-12-21(16)5-2;/h16-17H,4-15H2,1-3H3,(H,19,20);1H. The van der Waals surface area contributed by atoms with E-state index in [0.717, 1.165) is 58.1 Å². The second kappa shape index (κ2) is 12.3. The fraction of sp³-hybridized carbons (Fsp3) is 0.944. The van der Waals surface area contributed by atoms with Gasteiger partial charge < -0.3 is 15.0 Å². The number of hydrogen-bond acceptors (Lipinski definition) is 3. The number of guanidine groups is 1. The average molecular weight is 452 g/mol. The number of likely N-dealkylation sites (N-methyl/N-ethyl adjacent to an activating group) is 1.